The van der Waals surface area contributed by atoms with Crippen molar-refractivity contribution in [2.24, 2.45) is 5.92 Å². The molecule has 1 unspecified atom stereocenters. The van der Waals surface area contributed by atoms with Crippen LogP contribution >= 0.6 is 7.82 Å². The molecular formula is C18H27O5P. The van der Waals surface area contributed by atoms with Crippen molar-refractivity contribution in [2.45, 2.75) is 52.1 Å². The van der Waals surface area contributed by atoms with Crippen LogP contribution in [0.1, 0.15) is 57.6 Å². The van der Waals surface area contributed by atoms with E-state index in [1.165, 1.54) is 0 Å². The molecule has 1 aromatic rings. The highest BCUT2D eigenvalue weighted by Gasteiger charge is 2.37. The lowest BCUT2D eigenvalue weighted by Gasteiger charge is -2.27. The molecule has 24 heavy (non-hydrogen) atoms. The number of Topliss-reactive ketones (excluding diaryl/α,β-unsaturated/α-hetero) is 1. The maximum Gasteiger partial charge on any atom is 0.475 e. The Morgan fingerprint density at radius 2 is 1.67 bits per heavy atom. The first-order valence-electron chi connectivity index (χ1n) is 8.75. The second-order valence-corrected chi connectivity index (χ2v) is 7.54. The number of hydrogen-bond donors (Lipinski definition) is 0. The van der Waals surface area contributed by atoms with E-state index in [-0.39, 0.29) is 24.9 Å². The summed E-state index contributed by atoms with van der Waals surface area (Å²) in [6.07, 6.45) is 4.06. The molecule has 134 valence electrons. The van der Waals surface area contributed by atoms with E-state index in [9.17, 15) is 9.36 Å². The van der Waals surface area contributed by atoms with E-state index in [1.54, 1.807) is 13.8 Å². The van der Waals surface area contributed by atoms with Crippen LogP contribution in [0.25, 0.3) is 0 Å². The first-order chi connectivity index (χ1) is 11.6. The molecule has 0 aliphatic heterocycles. The summed E-state index contributed by atoms with van der Waals surface area (Å²) in [4.78, 5) is 13.0. The number of hydrogen-bond acceptors (Lipinski definition) is 5. The maximum atomic E-state index is 13.0. The molecule has 6 heteroatoms. The number of carbonyl (C=O) groups excluding carboxylic acids is 1. The predicted molar refractivity (Wildman–Crippen MR) is 92.7 cm³/mol. The summed E-state index contributed by atoms with van der Waals surface area (Å²) in [7, 11) is -3.77. The van der Waals surface area contributed by atoms with Crippen LogP contribution in [-0.4, -0.2) is 19.0 Å². The molecule has 1 atom stereocenters. The van der Waals surface area contributed by atoms with Gasteiger partial charge in [0, 0.05) is 5.92 Å². The fourth-order valence-electron chi connectivity index (χ4n) is 3.05. The van der Waals surface area contributed by atoms with Gasteiger partial charge in [-0.3, -0.25) is 18.4 Å². The number of ketones is 1. The quantitative estimate of drug-likeness (QED) is 0.579. The Morgan fingerprint density at radius 3 is 2.21 bits per heavy atom. The van der Waals surface area contributed by atoms with Crippen LogP contribution in [-0.2, 0) is 22.9 Å². The van der Waals surface area contributed by atoms with Gasteiger partial charge in [-0.1, -0.05) is 49.6 Å². The standard InChI is InChI=1S/C18H27O5P/c1-3-21-24(20,22-4-2)23-18(16-13-9-6-10-14-16)17(19)15-11-7-5-8-12-15/h6,9-10,13-15,18H,3-5,7-8,11-12H2,1-2H3. The van der Waals surface area contributed by atoms with E-state index in [4.69, 9.17) is 13.6 Å². The van der Waals surface area contributed by atoms with Crippen LogP contribution in [0.15, 0.2) is 30.3 Å². The summed E-state index contributed by atoms with van der Waals surface area (Å²) >= 11 is 0. The Hall–Kier alpha value is -1.00. The van der Waals surface area contributed by atoms with Gasteiger partial charge in [0.25, 0.3) is 0 Å². The Kier molecular flexibility index (Phi) is 7.63. The first-order valence-corrected chi connectivity index (χ1v) is 10.2. The van der Waals surface area contributed by atoms with Crippen LogP contribution in [0.5, 0.6) is 0 Å². The molecule has 1 fully saturated rings. The highest BCUT2D eigenvalue weighted by Crippen LogP contribution is 2.53. The molecular weight excluding hydrogens is 327 g/mol. The second kappa shape index (κ2) is 9.47. The van der Waals surface area contributed by atoms with Gasteiger partial charge in [-0.15, -0.1) is 0 Å². The zero-order chi connectivity index (χ0) is 17.4. The maximum absolute atomic E-state index is 13.0. The van der Waals surface area contributed by atoms with Crippen molar-refractivity contribution in [1.82, 2.24) is 0 Å². The fraction of sp³-hybridized carbons (Fsp3) is 0.611. The molecule has 0 aromatic heterocycles. The van der Waals surface area contributed by atoms with Gasteiger partial charge in [-0.2, -0.15) is 0 Å². The summed E-state index contributed by atoms with van der Waals surface area (Å²) in [6, 6.07) is 9.18. The smallest absolute Gasteiger partial charge is 0.296 e. The lowest BCUT2D eigenvalue weighted by atomic mass is 9.83. The van der Waals surface area contributed by atoms with Crippen molar-refractivity contribution in [2.75, 3.05) is 13.2 Å². The van der Waals surface area contributed by atoms with E-state index in [0.29, 0.717) is 5.56 Å². The van der Waals surface area contributed by atoms with Crippen LogP contribution in [0.4, 0.5) is 0 Å². The fourth-order valence-corrected chi connectivity index (χ4v) is 4.36. The highest BCUT2D eigenvalue weighted by molar-refractivity contribution is 7.48. The first kappa shape index (κ1) is 19.3. The minimum absolute atomic E-state index is 0.0273. The van der Waals surface area contributed by atoms with Gasteiger partial charge in [0.05, 0.1) is 13.2 Å². The number of phosphoric ester groups is 1. The molecule has 0 heterocycles. The summed E-state index contributed by atoms with van der Waals surface area (Å²) in [5, 5.41) is 0. The normalized spacial score (nSPS) is 17.6. The topological polar surface area (TPSA) is 61.8 Å². The monoisotopic (exact) mass is 354 g/mol. The van der Waals surface area contributed by atoms with Crippen LogP contribution in [0, 0.1) is 5.92 Å². The summed E-state index contributed by atoms with van der Waals surface area (Å²) in [5.41, 5.74) is 0.688. The Morgan fingerprint density at radius 1 is 1.08 bits per heavy atom. The average Bonchev–Trinajstić information content (AvgIpc) is 2.61. The Balaban J connectivity index is 2.25. The third-order valence-electron chi connectivity index (χ3n) is 4.18. The zero-order valence-corrected chi connectivity index (χ0v) is 15.4. The van der Waals surface area contributed by atoms with E-state index >= 15 is 0 Å². The second-order valence-electron chi connectivity index (χ2n) is 5.92. The van der Waals surface area contributed by atoms with Crippen molar-refractivity contribution in [3.8, 4) is 0 Å². The molecule has 0 N–H and O–H groups in total. The molecule has 0 spiro atoms. The summed E-state index contributed by atoms with van der Waals surface area (Å²) in [6.45, 7) is 3.82. The molecule has 0 saturated heterocycles. The summed E-state index contributed by atoms with van der Waals surface area (Å²) in [5.74, 6) is -0.0822. The summed E-state index contributed by atoms with van der Waals surface area (Å²) < 4.78 is 28.9. The van der Waals surface area contributed by atoms with Gasteiger partial charge >= 0.3 is 7.82 Å². The lowest BCUT2D eigenvalue weighted by molar-refractivity contribution is -0.132. The SMILES string of the molecule is CCOP(=O)(OCC)OC(C(=O)C1CCCCC1)c1ccccc1. The third kappa shape index (κ3) is 5.25. The average molecular weight is 354 g/mol. The van der Waals surface area contributed by atoms with Crippen LogP contribution < -0.4 is 0 Å². The van der Waals surface area contributed by atoms with Crippen LogP contribution in [0.2, 0.25) is 0 Å². The van der Waals surface area contributed by atoms with E-state index < -0.39 is 13.9 Å². The third-order valence-corrected chi connectivity index (χ3v) is 5.80. The van der Waals surface area contributed by atoms with Gasteiger partial charge in [-0.05, 0) is 32.3 Å². The highest BCUT2D eigenvalue weighted by atomic mass is 31.2. The van der Waals surface area contributed by atoms with Crippen molar-refractivity contribution in [3.63, 3.8) is 0 Å². The number of rotatable bonds is 9. The zero-order valence-electron chi connectivity index (χ0n) is 14.5. The molecule has 0 amide bonds. The van der Waals surface area contributed by atoms with Crippen LogP contribution in [0.3, 0.4) is 0 Å². The van der Waals surface area contributed by atoms with E-state index in [0.717, 1.165) is 32.1 Å². The van der Waals surface area contributed by atoms with Crippen molar-refractivity contribution >= 4 is 13.6 Å². The van der Waals surface area contributed by atoms with Gasteiger partial charge in [-0.25, -0.2) is 4.57 Å². The van der Waals surface area contributed by atoms with Gasteiger partial charge in [0.2, 0.25) is 0 Å². The minimum atomic E-state index is -3.77. The van der Waals surface area contributed by atoms with Crippen molar-refractivity contribution < 1.29 is 22.9 Å². The number of phosphoric acid groups is 1. The molecule has 1 saturated carbocycles. The Labute approximate surface area is 144 Å². The molecule has 1 aliphatic carbocycles. The molecule has 1 aliphatic rings. The van der Waals surface area contributed by atoms with E-state index in [1.807, 2.05) is 30.3 Å². The Bertz CT molecular complexity index is 544. The van der Waals surface area contributed by atoms with Crippen molar-refractivity contribution in [3.05, 3.63) is 35.9 Å². The van der Waals surface area contributed by atoms with Crippen molar-refractivity contribution in [1.29, 1.82) is 0 Å². The largest absolute Gasteiger partial charge is 0.475 e. The minimum Gasteiger partial charge on any atom is -0.296 e. The number of carbonyl (C=O) groups is 1. The predicted octanol–water partition coefficient (Wildman–Crippen LogP) is 5.07. The molecule has 5 nitrogen and oxygen atoms in total. The number of benzene rings is 1. The molecule has 0 radical (unpaired) electrons. The molecule has 2 rings (SSSR count). The van der Waals surface area contributed by atoms with Gasteiger partial charge in [0.1, 0.15) is 0 Å². The van der Waals surface area contributed by atoms with E-state index in [2.05, 4.69) is 0 Å². The van der Waals surface area contributed by atoms with Gasteiger partial charge < -0.3 is 0 Å². The molecule has 1 aromatic carbocycles. The molecule has 0 bridgehead atoms. The lowest BCUT2D eigenvalue weighted by Crippen LogP contribution is -2.26. The van der Waals surface area contributed by atoms with Gasteiger partial charge in [0.15, 0.2) is 11.9 Å².